The van der Waals surface area contributed by atoms with E-state index in [2.05, 4.69) is 10.6 Å². The first-order chi connectivity index (χ1) is 20.5. The number of imide groups is 1. The van der Waals surface area contributed by atoms with Crippen molar-refractivity contribution >= 4 is 41.2 Å². The molecule has 43 heavy (non-hydrogen) atoms. The van der Waals surface area contributed by atoms with Gasteiger partial charge in [-0.3, -0.25) is 44.3 Å². The molecule has 0 atom stereocenters. The summed E-state index contributed by atoms with van der Waals surface area (Å²) < 4.78 is 9.90. The van der Waals surface area contributed by atoms with Crippen molar-refractivity contribution in [1.82, 2.24) is 15.5 Å². The van der Waals surface area contributed by atoms with E-state index in [1.54, 1.807) is 0 Å². The average molecular weight is 598 g/mol. The van der Waals surface area contributed by atoms with E-state index in [-0.39, 0.29) is 72.9 Å². The van der Waals surface area contributed by atoms with Crippen molar-refractivity contribution in [1.29, 1.82) is 0 Å². The van der Waals surface area contributed by atoms with Crippen LogP contribution in [0.15, 0.2) is 54.6 Å². The zero-order chi connectivity index (χ0) is 31.4. The number of rotatable bonds is 15. The molecule has 1 aliphatic heterocycles. The van der Waals surface area contributed by atoms with Gasteiger partial charge in [0.15, 0.2) is 0 Å². The zero-order valence-electron chi connectivity index (χ0n) is 22.7. The summed E-state index contributed by atoms with van der Waals surface area (Å²) in [6.07, 6.45) is 3.21. The number of non-ortho nitro benzene ring substituents is 1. The highest BCUT2D eigenvalue weighted by Gasteiger charge is 2.23. The number of carbonyl (C=O) groups excluding carboxylic acids is 5. The number of nitrogens with one attached hydrogen (secondary N) is 2. The lowest BCUT2D eigenvalue weighted by Gasteiger charge is -2.13. The normalized spacial score (nSPS) is 12.1. The first-order valence-corrected chi connectivity index (χ1v) is 13.0. The maximum atomic E-state index is 12.7. The number of nitro benzene ring substituents is 2. The lowest BCUT2D eigenvalue weighted by atomic mass is 10.1. The Morgan fingerprint density at radius 3 is 2.16 bits per heavy atom. The van der Waals surface area contributed by atoms with Crippen molar-refractivity contribution in [2.24, 2.45) is 0 Å². The predicted molar refractivity (Wildman–Crippen MR) is 147 cm³/mol. The molecule has 16 nitrogen and oxygen atoms in total. The molecule has 16 heteroatoms. The summed E-state index contributed by atoms with van der Waals surface area (Å²) in [5.41, 5.74) is -0.713. The van der Waals surface area contributed by atoms with Crippen LogP contribution in [0.1, 0.15) is 41.6 Å². The molecule has 0 fully saturated rings. The monoisotopic (exact) mass is 597 g/mol. The number of carbonyl (C=O) groups is 5. The summed E-state index contributed by atoms with van der Waals surface area (Å²) >= 11 is 0. The first-order valence-electron chi connectivity index (χ1n) is 13.0. The van der Waals surface area contributed by atoms with Crippen molar-refractivity contribution in [3.8, 4) is 5.75 Å². The number of hydrogen-bond donors (Lipinski definition) is 2. The molecule has 2 aromatic rings. The molecule has 0 unspecified atom stereocenters. The third-order valence-electron chi connectivity index (χ3n) is 6.03. The van der Waals surface area contributed by atoms with Crippen molar-refractivity contribution in [2.45, 2.75) is 32.3 Å². The van der Waals surface area contributed by atoms with Crippen LogP contribution in [0.2, 0.25) is 0 Å². The highest BCUT2D eigenvalue weighted by atomic mass is 16.7. The number of unbranched alkanes of at least 4 members (excludes halogenated alkanes) is 2. The quantitative estimate of drug-likeness (QED) is 0.0759. The van der Waals surface area contributed by atoms with E-state index in [1.807, 2.05) is 0 Å². The fourth-order valence-corrected chi connectivity index (χ4v) is 3.86. The van der Waals surface area contributed by atoms with Crippen LogP contribution in [-0.2, 0) is 25.7 Å². The summed E-state index contributed by atoms with van der Waals surface area (Å²) in [7, 11) is 0. The minimum absolute atomic E-state index is 0.00266. The van der Waals surface area contributed by atoms with Crippen LogP contribution >= 0.6 is 0 Å². The van der Waals surface area contributed by atoms with Gasteiger partial charge < -0.3 is 20.1 Å². The predicted octanol–water partition coefficient (Wildman–Crippen LogP) is 2.55. The molecule has 0 saturated carbocycles. The van der Waals surface area contributed by atoms with Crippen LogP contribution in [0.25, 0.3) is 0 Å². The zero-order valence-corrected chi connectivity index (χ0v) is 22.7. The number of hydrogen-bond acceptors (Lipinski definition) is 11. The van der Waals surface area contributed by atoms with Crippen molar-refractivity contribution < 1.29 is 43.3 Å². The second-order valence-corrected chi connectivity index (χ2v) is 9.08. The third kappa shape index (κ3) is 9.73. The summed E-state index contributed by atoms with van der Waals surface area (Å²) in [5.74, 6) is -1.75. The van der Waals surface area contributed by atoms with Gasteiger partial charge >= 0.3 is 6.16 Å². The Morgan fingerprint density at radius 1 is 0.837 bits per heavy atom. The van der Waals surface area contributed by atoms with Gasteiger partial charge in [0.1, 0.15) is 17.9 Å². The van der Waals surface area contributed by atoms with Gasteiger partial charge in [-0.25, -0.2) is 4.79 Å². The van der Waals surface area contributed by atoms with E-state index in [4.69, 9.17) is 9.47 Å². The van der Waals surface area contributed by atoms with Gasteiger partial charge in [-0.15, -0.1) is 0 Å². The minimum Gasteiger partial charge on any atom is -0.429 e. The second kappa shape index (κ2) is 15.4. The molecule has 0 radical (unpaired) electrons. The molecule has 0 aromatic heterocycles. The summed E-state index contributed by atoms with van der Waals surface area (Å²) in [4.78, 5) is 81.6. The molecular weight excluding hydrogens is 570 g/mol. The van der Waals surface area contributed by atoms with Crippen LogP contribution in [0, 0.1) is 20.2 Å². The Morgan fingerprint density at radius 2 is 1.51 bits per heavy atom. The van der Waals surface area contributed by atoms with Crippen LogP contribution in [0.3, 0.4) is 0 Å². The van der Waals surface area contributed by atoms with Crippen molar-refractivity contribution in [2.75, 3.05) is 19.6 Å². The molecule has 0 bridgehead atoms. The molecule has 1 aliphatic rings. The smallest absolute Gasteiger partial charge is 0.429 e. The Hall–Kier alpha value is -5.67. The van der Waals surface area contributed by atoms with Gasteiger partial charge in [0.05, 0.1) is 9.85 Å². The van der Waals surface area contributed by atoms with E-state index in [0.29, 0.717) is 19.3 Å². The molecule has 0 spiro atoms. The number of amides is 4. The fourth-order valence-electron chi connectivity index (χ4n) is 3.86. The second-order valence-electron chi connectivity index (χ2n) is 9.08. The van der Waals surface area contributed by atoms with E-state index >= 15 is 0 Å². The van der Waals surface area contributed by atoms with Gasteiger partial charge in [0.2, 0.25) is 5.91 Å². The van der Waals surface area contributed by atoms with E-state index in [9.17, 15) is 44.2 Å². The molecule has 4 amide bonds. The third-order valence-corrected chi connectivity index (χ3v) is 6.03. The topological polar surface area (TPSA) is 217 Å². The Labute approximate surface area is 243 Å². The fraction of sp³-hybridized carbons (Fsp3) is 0.296. The van der Waals surface area contributed by atoms with Crippen LogP contribution < -0.4 is 15.4 Å². The van der Waals surface area contributed by atoms with Gasteiger partial charge in [0.25, 0.3) is 29.1 Å². The van der Waals surface area contributed by atoms with Crippen molar-refractivity contribution in [3.63, 3.8) is 0 Å². The van der Waals surface area contributed by atoms with E-state index in [0.717, 1.165) is 23.1 Å². The molecule has 3 rings (SSSR count). The lowest BCUT2D eigenvalue weighted by Crippen LogP contribution is -2.35. The standard InChI is InChI=1S/C27H27N5O11/c33-23(4-2-1-3-15-30-24(34)11-12-25(30)35)28-13-14-29-26(36)21-16-18(5-10-22(21)32(40)41)17-42-27(37)43-20-8-6-19(7-9-20)31(38)39/h5-12,16H,1-4,13-15,17H2,(H,28,33)(H,29,36). The molecule has 2 aromatic carbocycles. The maximum Gasteiger partial charge on any atom is 0.514 e. The average Bonchev–Trinajstić information content (AvgIpc) is 3.30. The number of nitrogens with zero attached hydrogens (tertiary/aromatic N) is 3. The molecule has 1 heterocycles. The Balaban J connectivity index is 1.40. The summed E-state index contributed by atoms with van der Waals surface area (Å²) in [6.45, 7) is -0.0555. The van der Waals surface area contributed by atoms with Gasteiger partial charge in [-0.2, -0.15) is 0 Å². The van der Waals surface area contributed by atoms with Gasteiger partial charge in [-0.05, 0) is 42.7 Å². The SMILES string of the molecule is O=C(CCCCCN1C(=O)C=CC1=O)NCCNC(=O)c1cc(COC(=O)Oc2ccc([N+](=O)[O-])cc2)ccc1[N+](=O)[O-]. The maximum absolute atomic E-state index is 12.7. The van der Waals surface area contributed by atoms with Crippen LogP contribution in [0.4, 0.5) is 16.2 Å². The summed E-state index contributed by atoms with van der Waals surface area (Å²) in [5, 5.41) is 27.2. The molecule has 226 valence electrons. The van der Waals surface area contributed by atoms with E-state index in [1.165, 1.54) is 36.4 Å². The largest absolute Gasteiger partial charge is 0.514 e. The van der Waals surface area contributed by atoms with E-state index < -0.39 is 27.6 Å². The Bertz CT molecular complexity index is 1420. The molecule has 0 saturated heterocycles. The van der Waals surface area contributed by atoms with Crippen LogP contribution in [0.5, 0.6) is 5.75 Å². The highest BCUT2D eigenvalue weighted by Crippen LogP contribution is 2.21. The lowest BCUT2D eigenvalue weighted by molar-refractivity contribution is -0.385. The molecular formula is C27H27N5O11. The Kier molecular flexibility index (Phi) is 11.4. The number of benzene rings is 2. The number of ether oxygens (including phenoxy) is 2. The van der Waals surface area contributed by atoms with Crippen LogP contribution in [-0.4, -0.2) is 64.2 Å². The van der Waals surface area contributed by atoms with Crippen molar-refractivity contribution in [3.05, 3.63) is 86.0 Å². The molecule has 2 N–H and O–H groups in total. The first kappa shape index (κ1) is 31.9. The summed E-state index contributed by atoms with van der Waals surface area (Å²) in [6, 6.07) is 8.26. The minimum atomic E-state index is -1.14. The highest BCUT2D eigenvalue weighted by molar-refractivity contribution is 6.12. The van der Waals surface area contributed by atoms with Gasteiger partial charge in [0, 0.05) is 56.4 Å². The molecule has 0 aliphatic carbocycles. The van der Waals surface area contributed by atoms with Gasteiger partial charge in [-0.1, -0.05) is 6.42 Å². The number of nitro groups is 2.